The number of aliphatic hydroxyl groups excluding tert-OH is 1. The van der Waals surface area contributed by atoms with E-state index in [4.69, 9.17) is 5.26 Å². The van der Waals surface area contributed by atoms with Gasteiger partial charge in [-0.1, -0.05) is 5.21 Å². The second kappa shape index (κ2) is 6.81. The molecule has 1 saturated heterocycles. The first kappa shape index (κ1) is 16.1. The van der Waals surface area contributed by atoms with Crippen LogP contribution in [0, 0.1) is 11.3 Å². The summed E-state index contributed by atoms with van der Waals surface area (Å²) < 4.78 is 1.61. The third-order valence-electron chi connectivity index (χ3n) is 4.18. The van der Waals surface area contributed by atoms with Crippen molar-refractivity contribution in [1.29, 1.82) is 5.26 Å². The van der Waals surface area contributed by atoms with E-state index in [0.29, 0.717) is 31.4 Å². The van der Waals surface area contributed by atoms with Crippen LogP contribution in [0.3, 0.4) is 0 Å². The van der Waals surface area contributed by atoms with Crippen molar-refractivity contribution >= 4 is 11.6 Å². The van der Waals surface area contributed by atoms with Gasteiger partial charge in [0.2, 0.25) is 0 Å². The summed E-state index contributed by atoms with van der Waals surface area (Å²) in [5.74, 6) is -0.0216. The molecule has 1 N–H and O–H groups in total. The van der Waals surface area contributed by atoms with Gasteiger partial charge in [-0.2, -0.15) is 5.26 Å². The number of nitrogens with zero attached hydrogens (tertiary/aromatic N) is 5. The summed E-state index contributed by atoms with van der Waals surface area (Å²) in [5, 5.41) is 26.3. The number of aliphatic hydroxyl groups is 1. The number of carbonyl (C=O) groups excluding carboxylic acids is 1. The van der Waals surface area contributed by atoms with Gasteiger partial charge in [0.05, 0.1) is 23.4 Å². The molecule has 0 bridgehead atoms. The lowest BCUT2D eigenvalue weighted by molar-refractivity contribution is -0.120. The Bertz CT molecular complexity index is 760. The summed E-state index contributed by atoms with van der Waals surface area (Å²) >= 11 is 0. The van der Waals surface area contributed by atoms with Crippen LogP contribution in [-0.4, -0.2) is 38.7 Å². The quantitative estimate of drug-likeness (QED) is 0.897. The highest BCUT2D eigenvalue weighted by molar-refractivity contribution is 5.98. The molecule has 7 nitrogen and oxygen atoms in total. The van der Waals surface area contributed by atoms with E-state index in [0.717, 1.165) is 11.4 Å². The number of nitriles is 1. The Morgan fingerprint density at radius 2 is 2.17 bits per heavy atom. The Morgan fingerprint density at radius 3 is 2.83 bits per heavy atom. The van der Waals surface area contributed by atoms with Crippen molar-refractivity contribution in [3.63, 3.8) is 0 Å². The van der Waals surface area contributed by atoms with Gasteiger partial charge >= 0.3 is 0 Å². The lowest BCUT2D eigenvalue weighted by Crippen LogP contribution is -2.28. The highest BCUT2D eigenvalue weighted by atomic mass is 16.3. The average Bonchev–Trinajstić information content (AvgIpc) is 3.19. The topological polar surface area (TPSA) is 95.0 Å². The summed E-state index contributed by atoms with van der Waals surface area (Å²) in [6.45, 7) is 2.35. The van der Waals surface area contributed by atoms with E-state index in [2.05, 4.69) is 16.4 Å². The number of aromatic nitrogens is 3. The molecule has 3 rings (SSSR count). The molecule has 0 aliphatic carbocycles. The van der Waals surface area contributed by atoms with E-state index in [-0.39, 0.29) is 18.1 Å². The monoisotopic (exact) mass is 325 g/mol. The summed E-state index contributed by atoms with van der Waals surface area (Å²) in [7, 11) is 0. The molecule has 124 valence electrons. The molecule has 24 heavy (non-hydrogen) atoms. The molecule has 7 heteroatoms. The van der Waals surface area contributed by atoms with Crippen molar-refractivity contribution in [2.24, 2.45) is 0 Å². The van der Waals surface area contributed by atoms with Crippen LogP contribution in [0.2, 0.25) is 0 Å². The second-order valence-corrected chi connectivity index (χ2v) is 6.03. The molecule has 2 heterocycles. The number of hydrogen-bond donors (Lipinski definition) is 1. The summed E-state index contributed by atoms with van der Waals surface area (Å²) in [6.07, 6.45) is 3.33. The molecule has 0 spiro atoms. The molecule has 1 amide bonds. The molecule has 1 aliphatic heterocycles. The normalized spacial score (nSPS) is 18.6. The predicted octanol–water partition coefficient (Wildman–Crippen LogP) is 1.44. The van der Waals surface area contributed by atoms with Gasteiger partial charge in [0.1, 0.15) is 6.04 Å². The van der Waals surface area contributed by atoms with E-state index in [9.17, 15) is 9.90 Å². The van der Waals surface area contributed by atoms with Crippen molar-refractivity contribution in [3.05, 3.63) is 41.7 Å². The zero-order valence-electron chi connectivity index (χ0n) is 13.5. The smallest absolute Gasteiger partial charge is 0.251 e. The fourth-order valence-electron chi connectivity index (χ4n) is 2.82. The fourth-order valence-corrected chi connectivity index (χ4v) is 2.82. The molecular formula is C17H19N5O2. The Kier molecular flexibility index (Phi) is 4.58. The van der Waals surface area contributed by atoms with Crippen LogP contribution in [-0.2, 0) is 11.2 Å². The van der Waals surface area contributed by atoms with E-state index in [1.165, 1.54) is 0 Å². The predicted molar refractivity (Wildman–Crippen MR) is 87.2 cm³/mol. The minimum atomic E-state index is -0.380. The maximum absolute atomic E-state index is 12.7. The summed E-state index contributed by atoms with van der Waals surface area (Å²) in [4.78, 5) is 14.4. The lowest BCUT2D eigenvalue weighted by atomic mass is 10.2. The first-order valence-electron chi connectivity index (χ1n) is 7.99. The van der Waals surface area contributed by atoms with E-state index in [1.54, 1.807) is 47.0 Å². The third-order valence-corrected chi connectivity index (χ3v) is 4.18. The number of rotatable bonds is 5. The highest BCUT2D eigenvalue weighted by Crippen LogP contribution is 2.28. The Labute approximate surface area is 140 Å². The maximum atomic E-state index is 12.7. The highest BCUT2D eigenvalue weighted by Gasteiger charge is 2.34. The van der Waals surface area contributed by atoms with Crippen molar-refractivity contribution in [2.45, 2.75) is 38.3 Å². The third kappa shape index (κ3) is 3.29. The minimum absolute atomic E-state index is 0.0216. The fraction of sp³-hybridized carbons (Fsp3) is 0.412. The number of hydrogen-bond acceptors (Lipinski definition) is 5. The molecule has 0 saturated carbocycles. The summed E-state index contributed by atoms with van der Waals surface area (Å²) in [5.41, 5.74) is 2.14. The van der Waals surface area contributed by atoms with Crippen molar-refractivity contribution in [1.82, 2.24) is 15.0 Å². The average molecular weight is 325 g/mol. The number of amides is 1. The SMILES string of the molecule is CC(O)CCc1cn(C2CCN(c3ccc(C#N)cc3)C2=O)nn1. The maximum Gasteiger partial charge on any atom is 0.251 e. The molecule has 1 aromatic heterocycles. The first-order valence-corrected chi connectivity index (χ1v) is 7.99. The minimum Gasteiger partial charge on any atom is -0.393 e. The van der Waals surface area contributed by atoms with Gasteiger partial charge in [0.15, 0.2) is 0 Å². The second-order valence-electron chi connectivity index (χ2n) is 6.03. The van der Waals surface area contributed by atoms with Gasteiger partial charge in [-0.25, -0.2) is 4.68 Å². The Morgan fingerprint density at radius 1 is 1.42 bits per heavy atom. The van der Waals surface area contributed by atoms with Crippen LogP contribution in [0.15, 0.2) is 30.5 Å². The first-order chi connectivity index (χ1) is 11.6. The standard InChI is InChI=1S/C17H19N5O2/c1-12(23)2-5-14-11-22(20-19-14)16-8-9-21(17(16)24)15-6-3-13(10-18)4-7-15/h3-4,6-7,11-12,16,23H,2,5,8-9H2,1H3. The Hall–Kier alpha value is -2.72. The van der Waals surface area contributed by atoms with Gasteiger partial charge in [-0.3, -0.25) is 4.79 Å². The van der Waals surface area contributed by atoms with E-state index >= 15 is 0 Å². The number of carbonyl (C=O) groups is 1. The number of benzene rings is 1. The molecule has 2 aromatic rings. The molecule has 2 atom stereocenters. The van der Waals surface area contributed by atoms with Gasteiger partial charge in [-0.15, -0.1) is 5.10 Å². The van der Waals surface area contributed by atoms with Crippen LogP contribution in [0.25, 0.3) is 0 Å². The summed E-state index contributed by atoms with van der Waals surface area (Å²) in [6, 6.07) is 8.70. The number of anilines is 1. The van der Waals surface area contributed by atoms with Crippen LogP contribution >= 0.6 is 0 Å². The molecule has 1 fully saturated rings. The van der Waals surface area contributed by atoms with Crippen molar-refractivity contribution in [3.8, 4) is 6.07 Å². The molecule has 1 aliphatic rings. The van der Waals surface area contributed by atoms with Gasteiger partial charge in [0, 0.05) is 18.4 Å². The number of aryl methyl sites for hydroxylation is 1. The molecule has 0 radical (unpaired) electrons. The van der Waals surface area contributed by atoms with E-state index < -0.39 is 0 Å². The van der Waals surface area contributed by atoms with Crippen molar-refractivity contribution < 1.29 is 9.90 Å². The van der Waals surface area contributed by atoms with Crippen LogP contribution in [0.1, 0.15) is 37.1 Å². The van der Waals surface area contributed by atoms with Crippen molar-refractivity contribution in [2.75, 3.05) is 11.4 Å². The lowest BCUT2D eigenvalue weighted by Gasteiger charge is -2.16. The van der Waals surface area contributed by atoms with E-state index in [1.807, 2.05) is 0 Å². The molecule has 1 aromatic carbocycles. The van der Waals surface area contributed by atoms with Gasteiger partial charge < -0.3 is 10.0 Å². The Balaban J connectivity index is 1.70. The van der Waals surface area contributed by atoms with Crippen LogP contribution in [0.5, 0.6) is 0 Å². The largest absolute Gasteiger partial charge is 0.393 e. The van der Waals surface area contributed by atoms with Gasteiger partial charge in [0.25, 0.3) is 5.91 Å². The zero-order chi connectivity index (χ0) is 17.1. The molecule has 2 unspecified atom stereocenters. The van der Waals surface area contributed by atoms with Gasteiger partial charge in [-0.05, 0) is 50.5 Å². The zero-order valence-corrected chi connectivity index (χ0v) is 13.5. The molecular weight excluding hydrogens is 306 g/mol. The van der Waals surface area contributed by atoms with Crippen LogP contribution < -0.4 is 4.90 Å². The van der Waals surface area contributed by atoms with Crippen LogP contribution in [0.4, 0.5) is 5.69 Å².